The van der Waals surface area contributed by atoms with E-state index in [1.807, 2.05) is 42.5 Å². The number of hydrogen-bond acceptors (Lipinski definition) is 4. The molecule has 420 valence electrons. The van der Waals surface area contributed by atoms with Gasteiger partial charge >= 0.3 is 7.12 Å². The average molecular weight is 1210 g/mol. The lowest BCUT2D eigenvalue weighted by Gasteiger charge is -2.12. The van der Waals surface area contributed by atoms with Gasteiger partial charge in [-0.3, -0.25) is 0 Å². The third kappa shape index (κ3) is 8.09. The smallest absolute Gasteiger partial charge is 0.456 e. The zero-order valence-corrected chi connectivity index (χ0v) is 50.0. The van der Waals surface area contributed by atoms with Crippen LogP contribution in [0.25, 0.3) is 186 Å². The maximum absolute atomic E-state index is 9.50. The van der Waals surface area contributed by atoms with E-state index in [-0.39, 0.29) is 0 Å². The highest BCUT2D eigenvalue weighted by Gasteiger charge is 2.26. The first-order valence-electron chi connectivity index (χ1n) is 30.5. The minimum atomic E-state index is -1.44. The number of hydrogen-bond donors (Lipinski definition) is 2. The fraction of sp³-hybridized carbons (Fsp3) is 0. The van der Waals surface area contributed by atoms with E-state index in [9.17, 15) is 10.0 Å². The van der Waals surface area contributed by atoms with Crippen molar-refractivity contribution in [3.8, 4) is 77.9 Å². The van der Waals surface area contributed by atoms with E-state index in [4.69, 9.17) is 8.83 Å². The van der Waals surface area contributed by atoms with Crippen molar-refractivity contribution in [2.75, 3.05) is 0 Å². The standard InChI is InChI=1S/C42H24O.C26H15BrO.C16H11BO2/c1-2-10-27-25(9-1)23-37(31-14-6-3-11-28(27)31)26-19-22-39-38(24-26)42-35(17-8-18-40(42)43-39)32-20-21-36-30-13-5-4-12-29(30)33-15-7-16-34(32)41(33)36;27-23-10-5-11-25-26(23)22-15-17(12-13-24(22)28-25)21-14-16-6-1-2-7-18(16)19-8-3-4-9-20(19)21;18-17(19)15-9-8-13-11-5-2-1-4-10(11)12-6-3-7-14(15)16(12)13/h1-24H;1-15H;1-9,18-19H. The van der Waals surface area contributed by atoms with Crippen molar-refractivity contribution in [2.24, 2.45) is 0 Å². The summed E-state index contributed by atoms with van der Waals surface area (Å²) in [5, 5.41) is 38.4. The molecule has 0 bridgehead atoms. The zero-order chi connectivity index (χ0) is 59.7. The molecule has 0 amide bonds. The summed E-state index contributed by atoms with van der Waals surface area (Å²) >= 11 is 3.69. The van der Waals surface area contributed by atoms with Crippen LogP contribution in [0.15, 0.2) is 304 Å². The molecule has 2 heterocycles. The van der Waals surface area contributed by atoms with Gasteiger partial charge in [0.15, 0.2) is 0 Å². The first kappa shape index (κ1) is 52.3. The van der Waals surface area contributed by atoms with Gasteiger partial charge in [0, 0.05) is 26.0 Å². The number of fused-ring (bicyclic) bond motifs is 18. The lowest BCUT2D eigenvalue weighted by atomic mass is 9.76. The van der Waals surface area contributed by atoms with Gasteiger partial charge in [0.05, 0.1) is 0 Å². The molecule has 16 aromatic carbocycles. The second kappa shape index (κ2) is 20.6. The van der Waals surface area contributed by atoms with Gasteiger partial charge in [-0.05, 0) is 203 Å². The Morgan fingerprint density at radius 2 is 0.611 bits per heavy atom. The maximum Gasteiger partial charge on any atom is 0.489 e. The van der Waals surface area contributed by atoms with E-state index < -0.39 is 7.12 Å². The Bertz CT molecular complexity index is 5990. The van der Waals surface area contributed by atoms with E-state index in [0.29, 0.717) is 5.46 Å². The van der Waals surface area contributed by atoms with Crippen LogP contribution in [0.3, 0.4) is 0 Å². The molecule has 0 saturated heterocycles. The van der Waals surface area contributed by atoms with Gasteiger partial charge in [0.2, 0.25) is 0 Å². The minimum absolute atomic E-state index is 0.563. The Labute approximate surface area is 526 Å². The monoisotopic (exact) mass is 1210 g/mol. The number of halogens is 1. The van der Waals surface area contributed by atoms with Crippen molar-refractivity contribution >= 4 is 137 Å². The average Bonchev–Trinajstić information content (AvgIpc) is 1.58. The third-order valence-corrected chi connectivity index (χ3v) is 19.5. The normalized spacial score (nSPS) is 11.9. The van der Waals surface area contributed by atoms with E-state index in [1.54, 1.807) is 6.07 Å². The van der Waals surface area contributed by atoms with Crippen LogP contribution in [-0.4, -0.2) is 17.2 Å². The van der Waals surface area contributed by atoms with Crippen molar-refractivity contribution in [1.29, 1.82) is 0 Å². The van der Waals surface area contributed by atoms with Gasteiger partial charge in [0.25, 0.3) is 0 Å². The third-order valence-electron chi connectivity index (χ3n) is 18.8. The molecule has 2 aliphatic carbocycles. The lowest BCUT2D eigenvalue weighted by molar-refractivity contribution is 0.426. The van der Waals surface area contributed by atoms with Crippen LogP contribution in [-0.2, 0) is 0 Å². The molecular formula is C84H50BBrO4. The van der Waals surface area contributed by atoms with Crippen molar-refractivity contribution in [3.05, 3.63) is 296 Å². The second-order valence-corrected chi connectivity index (χ2v) is 24.4. The Morgan fingerprint density at radius 3 is 1.16 bits per heavy atom. The maximum atomic E-state index is 9.50. The van der Waals surface area contributed by atoms with Crippen LogP contribution in [0.2, 0.25) is 0 Å². The second-order valence-electron chi connectivity index (χ2n) is 23.6. The Hall–Kier alpha value is -10.9. The molecule has 0 aliphatic heterocycles. The molecule has 20 rings (SSSR count). The van der Waals surface area contributed by atoms with Crippen LogP contribution >= 0.6 is 15.9 Å². The first-order valence-corrected chi connectivity index (χ1v) is 31.2. The van der Waals surface area contributed by atoms with Gasteiger partial charge < -0.3 is 18.9 Å². The summed E-state index contributed by atoms with van der Waals surface area (Å²) in [5.74, 6) is 0. The molecule has 2 aromatic heterocycles. The van der Waals surface area contributed by atoms with Gasteiger partial charge in [-0.1, -0.05) is 253 Å². The summed E-state index contributed by atoms with van der Waals surface area (Å²) in [6.07, 6.45) is 0. The minimum Gasteiger partial charge on any atom is -0.456 e. The van der Waals surface area contributed by atoms with Gasteiger partial charge in [-0.2, -0.15) is 0 Å². The van der Waals surface area contributed by atoms with Gasteiger partial charge in [-0.15, -0.1) is 0 Å². The molecule has 0 radical (unpaired) electrons. The van der Waals surface area contributed by atoms with E-state index in [2.05, 4.69) is 259 Å². The molecule has 0 spiro atoms. The summed E-state index contributed by atoms with van der Waals surface area (Å²) in [6, 6.07) is 103. The molecule has 0 unspecified atom stereocenters. The molecule has 6 heteroatoms. The fourth-order valence-electron chi connectivity index (χ4n) is 14.9. The van der Waals surface area contributed by atoms with Gasteiger partial charge in [0.1, 0.15) is 22.3 Å². The largest absolute Gasteiger partial charge is 0.489 e. The Balaban J connectivity index is 0.000000110. The molecule has 0 atom stereocenters. The van der Waals surface area contributed by atoms with Crippen LogP contribution in [0.1, 0.15) is 0 Å². The van der Waals surface area contributed by atoms with Crippen LogP contribution in [0.5, 0.6) is 0 Å². The highest BCUT2D eigenvalue weighted by Crippen LogP contribution is 2.52. The summed E-state index contributed by atoms with van der Waals surface area (Å²) in [7, 11) is -1.44. The molecule has 90 heavy (non-hydrogen) atoms. The van der Waals surface area contributed by atoms with E-state index in [1.165, 1.54) is 137 Å². The molecule has 0 saturated carbocycles. The van der Waals surface area contributed by atoms with E-state index in [0.717, 1.165) is 53.7 Å². The van der Waals surface area contributed by atoms with Crippen LogP contribution in [0.4, 0.5) is 0 Å². The van der Waals surface area contributed by atoms with Crippen LogP contribution in [0, 0.1) is 0 Å². The molecule has 4 nitrogen and oxygen atoms in total. The molecule has 18 aromatic rings. The predicted octanol–water partition coefficient (Wildman–Crippen LogP) is 22.5. The van der Waals surface area contributed by atoms with Crippen LogP contribution < -0.4 is 5.46 Å². The Kier molecular flexibility index (Phi) is 12.0. The quantitative estimate of drug-likeness (QED) is 0.136. The molecular weight excluding hydrogens is 1160 g/mol. The van der Waals surface area contributed by atoms with Crippen molar-refractivity contribution in [2.45, 2.75) is 0 Å². The number of rotatable bonds is 4. The molecule has 2 N–H and O–H groups in total. The first-order chi connectivity index (χ1) is 44.4. The summed E-state index contributed by atoms with van der Waals surface area (Å²) < 4.78 is 13.6. The fourth-order valence-corrected chi connectivity index (χ4v) is 15.4. The molecule has 0 fully saturated rings. The van der Waals surface area contributed by atoms with E-state index >= 15 is 0 Å². The molecule has 2 aliphatic rings. The van der Waals surface area contributed by atoms with Crippen molar-refractivity contribution in [1.82, 2.24) is 0 Å². The topological polar surface area (TPSA) is 66.7 Å². The number of benzene rings is 16. The number of furan rings is 2. The summed E-state index contributed by atoms with van der Waals surface area (Å²) in [5.41, 5.74) is 21.6. The highest BCUT2D eigenvalue weighted by molar-refractivity contribution is 9.10. The van der Waals surface area contributed by atoms with Gasteiger partial charge in [-0.25, -0.2) is 0 Å². The lowest BCUT2D eigenvalue weighted by Crippen LogP contribution is -2.30. The van der Waals surface area contributed by atoms with Crippen molar-refractivity contribution < 1.29 is 18.9 Å². The summed E-state index contributed by atoms with van der Waals surface area (Å²) in [4.78, 5) is 0. The summed E-state index contributed by atoms with van der Waals surface area (Å²) in [6.45, 7) is 0. The highest BCUT2D eigenvalue weighted by atomic mass is 79.9. The van der Waals surface area contributed by atoms with Crippen molar-refractivity contribution in [3.63, 3.8) is 0 Å². The SMILES string of the molecule is Brc1cccc2oc3ccc(-c4cc5ccccc5c5ccccc45)cc3c12.OB(O)c1ccc2c3c(cccc13)-c1ccccc1-2.c1ccc2c(c1)-c1cccc3c(-c4cccc5oc6ccc(-c7cc8ccccc8c8ccccc78)cc6c45)ccc-2c13. The Morgan fingerprint density at radius 1 is 0.233 bits per heavy atom. The predicted molar refractivity (Wildman–Crippen MR) is 382 cm³/mol. The zero-order valence-electron chi connectivity index (χ0n) is 48.4.